The number of ether oxygens (including phenoxy) is 2. The minimum absolute atomic E-state index is 0.378. The topological polar surface area (TPSA) is 61.8 Å². The van der Waals surface area contributed by atoms with E-state index in [1.54, 1.807) is 18.4 Å². The monoisotopic (exact) mass is 275 g/mol. The zero-order valence-electron chi connectivity index (χ0n) is 10.4. The van der Waals surface area contributed by atoms with Crippen LogP contribution < -0.4 is 15.2 Å². The summed E-state index contributed by atoms with van der Waals surface area (Å²) in [7, 11) is 1.63. The Labute approximate surface area is 114 Å². The van der Waals surface area contributed by atoms with Gasteiger partial charge in [0.2, 0.25) is 5.88 Å². The predicted octanol–water partition coefficient (Wildman–Crippen LogP) is 2.66. The number of nitrogens with two attached hydrogens (primary N) is 1. The van der Waals surface area contributed by atoms with Crippen LogP contribution in [0.25, 0.3) is 4.96 Å². The molecule has 0 fully saturated rings. The van der Waals surface area contributed by atoms with Gasteiger partial charge in [-0.05, 0) is 24.3 Å². The Kier molecular flexibility index (Phi) is 3.10. The zero-order valence-corrected chi connectivity index (χ0v) is 11.2. The largest absolute Gasteiger partial charge is 0.497 e. The Morgan fingerprint density at radius 2 is 2.00 bits per heavy atom. The Balaban J connectivity index is 1.93. The van der Waals surface area contributed by atoms with Gasteiger partial charge in [-0.25, -0.2) is 0 Å². The Morgan fingerprint density at radius 3 is 2.68 bits per heavy atom. The van der Waals surface area contributed by atoms with E-state index in [-0.39, 0.29) is 0 Å². The molecule has 98 valence electrons. The van der Waals surface area contributed by atoms with E-state index in [9.17, 15) is 0 Å². The number of hydrogen-bond donors (Lipinski definition) is 1. The highest BCUT2D eigenvalue weighted by Gasteiger charge is 2.13. The quantitative estimate of drug-likeness (QED) is 0.795. The lowest BCUT2D eigenvalue weighted by molar-refractivity contribution is 0.412. The maximum atomic E-state index is 5.78. The smallest absolute Gasteiger partial charge is 0.243 e. The first-order chi connectivity index (χ1) is 9.31. The van der Waals surface area contributed by atoms with E-state index in [1.807, 2.05) is 40.2 Å². The van der Waals surface area contributed by atoms with Gasteiger partial charge < -0.3 is 15.2 Å². The molecule has 2 heterocycles. The minimum Gasteiger partial charge on any atom is -0.497 e. The average Bonchev–Trinajstić information content (AvgIpc) is 3.00. The normalized spacial score (nSPS) is 10.8. The van der Waals surface area contributed by atoms with Gasteiger partial charge in [0, 0.05) is 18.1 Å². The molecule has 3 rings (SSSR count). The molecule has 2 aromatic heterocycles. The number of fused-ring (bicyclic) bond motifs is 1. The highest BCUT2D eigenvalue weighted by atomic mass is 32.1. The standard InChI is InChI=1S/C13H13N3O2S/c1-17-9-2-4-10(5-3-9)18-12-11(8-14)16-6-7-19-13(16)15-12/h2-7H,8,14H2,1H3. The number of hydrogen-bond acceptors (Lipinski definition) is 5. The summed E-state index contributed by atoms with van der Waals surface area (Å²) in [6.45, 7) is 0.378. The molecule has 2 N–H and O–H groups in total. The Hall–Kier alpha value is -2.05. The first-order valence-electron chi connectivity index (χ1n) is 5.78. The minimum atomic E-state index is 0.378. The van der Waals surface area contributed by atoms with Crippen LogP contribution in [0.5, 0.6) is 17.4 Å². The molecule has 0 aliphatic heterocycles. The molecule has 0 radical (unpaired) electrons. The van der Waals surface area contributed by atoms with Crippen molar-refractivity contribution < 1.29 is 9.47 Å². The third kappa shape index (κ3) is 2.16. The molecule has 5 nitrogen and oxygen atoms in total. The molecular formula is C13H13N3O2S. The van der Waals surface area contributed by atoms with Crippen molar-refractivity contribution in [3.8, 4) is 17.4 Å². The van der Waals surface area contributed by atoms with Crippen molar-refractivity contribution >= 4 is 16.3 Å². The van der Waals surface area contributed by atoms with Crippen LogP contribution in [-0.2, 0) is 6.54 Å². The molecule has 0 amide bonds. The molecule has 1 aromatic carbocycles. The van der Waals surface area contributed by atoms with Gasteiger partial charge in [0.05, 0.1) is 7.11 Å². The van der Waals surface area contributed by atoms with Crippen LogP contribution in [-0.4, -0.2) is 16.5 Å². The molecule has 19 heavy (non-hydrogen) atoms. The molecule has 0 aliphatic carbocycles. The number of rotatable bonds is 4. The van der Waals surface area contributed by atoms with Gasteiger partial charge in [-0.15, -0.1) is 11.3 Å². The van der Waals surface area contributed by atoms with E-state index in [2.05, 4.69) is 4.98 Å². The van der Waals surface area contributed by atoms with E-state index < -0.39 is 0 Å². The van der Waals surface area contributed by atoms with Gasteiger partial charge in [0.25, 0.3) is 0 Å². The average molecular weight is 275 g/mol. The van der Waals surface area contributed by atoms with Crippen molar-refractivity contribution in [3.63, 3.8) is 0 Å². The molecule has 0 spiro atoms. The van der Waals surface area contributed by atoms with Crippen LogP contribution in [0.2, 0.25) is 0 Å². The number of aromatic nitrogens is 2. The summed E-state index contributed by atoms with van der Waals surface area (Å²) in [4.78, 5) is 5.31. The van der Waals surface area contributed by atoms with Gasteiger partial charge in [-0.2, -0.15) is 4.98 Å². The summed E-state index contributed by atoms with van der Waals surface area (Å²) in [5, 5.41) is 1.97. The van der Waals surface area contributed by atoms with Crippen molar-refractivity contribution in [3.05, 3.63) is 41.5 Å². The molecule has 0 bridgehead atoms. The molecule has 6 heteroatoms. The van der Waals surface area contributed by atoms with Crippen molar-refractivity contribution in [2.75, 3.05) is 7.11 Å². The Bertz CT molecular complexity index is 688. The summed E-state index contributed by atoms with van der Waals surface area (Å²) in [5.41, 5.74) is 6.63. The van der Waals surface area contributed by atoms with Crippen LogP contribution >= 0.6 is 11.3 Å². The second-order valence-corrected chi connectivity index (χ2v) is 4.77. The number of imidazole rings is 1. The summed E-state index contributed by atoms with van der Waals surface area (Å²) < 4.78 is 12.8. The molecule has 3 aromatic rings. The van der Waals surface area contributed by atoms with Crippen molar-refractivity contribution in [2.45, 2.75) is 6.54 Å². The first-order valence-corrected chi connectivity index (χ1v) is 6.66. The van der Waals surface area contributed by atoms with Gasteiger partial charge >= 0.3 is 0 Å². The summed E-state index contributed by atoms with van der Waals surface area (Å²) in [6, 6.07) is 7.37. The third-order valence-electron chi connectivity index (χ3n) is 2.79. The fourth-order valence-electron chi connectivity index (χ4n) is 1.84. The summed E-state index contributed by atoms with van der Waals surface area (Å²) >= 11 is 1.55. The highest BCUT2D eigenvalue weighted by molar-refractivity contribution is 7.15. The van der Waals surface area contributed by atoms with Gasteiger partial charge in [0.1, 0.15) is 17.2 Å². The fourth-order valence-corrected chi connectivity index (χ4v) is 2.56. The lowest BCUT2D eigenvalue weighted by Gasteiger charge is -2.05. The summed E-state index contributed by atoms with van der Waals surface area (Å²) in [5.74, 6) is 2.05. The number of methoxy groups -OCH3 is 1. The van der Waals surface area contributed by atoms with Crippen molar-refractivity contribution in [1.29, 1.82) is 0 Å². The molecule has 0 aliphatic rings. The predicted molar refractivity (Wildman–Crippen MR) is 74.0 cm³/mol. The molecule has 0 saturated carbocycles. The van der Waals surface area contributed by atoms with Gasteiger partial charge in [-0.3, -0.25) is 4.40 Å². The van der Waals surface area contributed by atoms with E-state index >= 15 is 0 Å². The maximum absolute atomic E-state index is 5.78. The van der Waals surface area contributed by atoms with E-state index in [0.717, 1.165) is 16.4 Å². The lowest BCUT2D eigenvalue weighted by atomic mass is 10.3. The second kappa shape index (κ2) is 4.91. The van der Waals surface area contributed by atoms with Gasteiger partial charge in [0.15, 0.2) is 4.96 Å². The summed E-state index contributed by atoms with van der Waals surface area (Å²) in [6.07, 6.45) is 1.94. The number of thiazole rings is 1. The van der Waals surface area contributed by atoms with Crippen LogP contribution in [0, 0.1) is 0 Å². The third-order valence-corrected chi connectivity index (χ3v) is 3.55. The Morgan fingerprint density at radius 1 is 1.26 bits per heavy atom. The molecular weight excluding hydrogens is 262 g/mol. The first kappa shape index (κ1) is 12.0. The van der Waals surface area contributed by atoms with Crippen LogP contribution in [0.4, 0.5) is 0 Å². The van der Waals surface area contributed by atoms with Crippen molar-refractivity contribution in [2.24, 2.45) is 5.73 Å². The highest BCUT2D eigenvalue weighted by Crippen LogP contribution is 2.28. The lowest BCUT2D eigenvalue weighted by Crippen LogP contribution is -2.01. The van der Waals surface area contributed by atoms with E-state index in [0.29, 0.717) is 18.2 Å². The van der Waals surface area contributed by atoms with Crippen LogP contribution in [0.1, 0.15) is 5.69 Å². The van der Waals surface area contributed by atoms with Gasteiger partial charge in [-0.1, -0.05) is 0 Å². The van der Waals surface area contributed by atoms with Crippen LogP contribution in [0.3, 0.4) is 0 Å². The molecule has 0 atom stereocenters. The van der Waals surface area contributed by atoms with Crippen LogP contribution in [0.15, 0.2) is 35.8 Å². The number of benzene rings is 1. The fraction of sp³-hybridized carbons (Fsp3) is 0.154. The number of nitrogens with zero attached hydrogens (tertiary/aromatic N) is 2. The van der Waals surface area contributed by atoms with E-state index in [4.69, 9.17) is 15.2 Å². The van der Waals surface area contributed by atoms with Crippen molar-refractivity contribution in [1.82, 2.24) is 9.38 Å². The van der Waals surface area contributed by atoms with E-state index in [1.165, 1.54) is 0 Å². The SMILES string of the molecule is COc1ccc(Oc2nc3sccn3c2CN)cc1. The molecule has 0 saturated heterocycles. The maximum Gasteiger partial charge on any atom is 0.243 e. The second-order valence-electron chi connectivity index (χ2n) is 3.90. The zero-order chi connectivity index (χ0) is 13.2. The molecule has 0 unspecified atom stereocenters.